The van der Waals surface area contributed by atoms with Crippen LogP contribution in [0.15, 0.2) is 24.3 Å². The normalized spacial score (nSPS) is 21.9. The van der Waals surface area contributed by atoms with Crippen LogP contribution >= 0.6 is 0 Å². The predicted octanol–water partition coefficient (Wildman–Crippen LogP) is 3.21. The van der Waals surface area contributed by atoms with E-state index in [4.69, 9.17) is 0 Å². The molecule has 0 N–H and O–H groups in total. The average molecular weight is 159 g/mol. The Balaban J connectivity index is 2.23. The van der Waals surface area contributed by atoms with Gasteiger partial charge < -0.3 is 0 Å². The Morgan fingerprint density at radius 3 is 3.00 bits per heavy atom. The first kappa shape index (κ1) is 7.85. The molecule has 0 heteroatoms. The molecule has 1 aliphatic rings. The molecule has 2 rings (SSSR count). The minimum Gasteiger partial charge on any atom is -0.0651 e. The smallest absolute Gasteiger partial charge is 0.00593 e. The molecule has 1 aromatic rings. The van der Waals surface area contributed by atoms with Gasteiger partial charge in [-0.2, -0.15) is 0 Å². The van der Waals surface area contributed by atoms with Crippen molar-refractivity contribution < 1.29 is 0 Å². The summed E-state index contributed by atoms with van der Waals surface area (Å²) in [7, 11) is 0. The molecule has 0 saturated heterocycles. The molecule has 1 atom stereocenters. The standard InChI is InChI=1S/C12H15/c1-2-10-7-8-11-5-3-4-6-12(11)9-10/h3-6,9-10H,2,7-8H2,1H3. The fraction of sp³-hybridized carbons (Fsp3) is 0.417. The minimum absolute atomic E-state index is 0.819. The number of benzene rings is 1. The van der Waals surface area contributed by atoms with E-state index in [9.17, 15) is 0 Å². The lowest BCUT2D eigenvalue weighted by Gasteiger charge is -2.22. The first-order valence-electron chi connectivity index (χ1n) is 4.83. The molecule has 0 nitrogen and oxygen atoms in total. The lowest BCUT2D eigenvalue weighted by atomic mass is 9.83. The summed E-state index contributed by atoms with van der Waals surface area (Å²) in [6.07, 6.45) is 6.33. The Labute approximate surface area is 74.6 Å². The zero-order valence-corrected chi connectivity index (χ0v) is 7.59. The van der Waals surface area contributed by atoms with Gasteiger partial charge in [0.25, 0.3) is 0 Å². The first-order valence-corrected chi connectivity index (χ1v) is 4.83. The molecule has 0 fully saturated rings. The molecule has 63 valence electrons. The van der Waals surface area contributed by atoms with Crippen LogP contribution in [0.3, 0.4) is 0 Å². The molecular formula is C12H15. The zero-order chi connectivity index (χ0) is 8.39. The molecule has 1 unspecified atom stereocenters. The second-order valence-corrected chi connectivity index (χ2v) is 3.57. The Bertz CT molecular complexity index is 262. The van der Waals surface area contributed by atoms with Crippen LogP contribution in [-0.4, -0.2) is 0 Å². The first-order chi connectivity index (χ1) is 5.90. The van der Waals surface area contributed by atoms with Gasteiger partial charge in [0.1, 0.15) is 0 Å². The molecule has 0 saturated carbocycles. The van der Waals surface area contributed by atoms with E-state index in [1.54, 1.807) is 0 Å². The molecule has 0 bridgehead atoms. The highest BCUT2D eigenvalue weighted by molar-refractivity contribution is 5.35. The molecule has 12 heavy (non-hydrogen) atoms. The number of rotatable bonds is 1. The van der Waals surface area contributed by atoms with Gasteiger partial charge >= 0.3 is 0 Å². The van der Waals surface area contributed by atoms with Crippen LogP contribution in [0.5, 0.6) is 0 Å². The van der Waals surface area contributed by atoms with Gasteiger partial charge in [-0.3, -0.25) is 0 Å². The molecule has 0 heterocycles. The summed E-state index contributed by atoms with van der Waals surface area (Å²) in [5.41, 5.74) is 3.00. The highest BCUT2D eigenvalue weighted by Gasteiger charge is 2.16. The Morgan fingerprint density at radius 1 is 1.33 bits per heavy atom. The second-order valence-electron chi connectivity index (χ2n) is 3.57. The third kappa shape index (κ3) is 1.38. The predicted molar refractivity (Wildman–Crippen MR) is 51.9 cm³/mol. The van der Waals surface area contributed by atoms with E-state index in [0.29, 0.717) is 0 Å². The quantitative estimate of drug-likeness (QED) is 0.590. The highest BCUT2D eigenvalue weighted by Crippen LogP contribution is 2.28. The van der Waals surface area contributed by atoms with Crippen molar-refractivity contribution >= 4 is 0 Å². The van der Waals surface area contributed by atoms with Crippen molar-refractivity contribution in [2.45, 2.75) is 26.2 Å². The van der Waals surface area contributed by atoms with Crippen LogP contribution in [0.2, 0.25) is 0 Å². The fourth-order valence-electron chi connectivity index (χ4n) is 1.92. The van der Waals surface area contributed by atoms with Crippen molar-refractivity contribution in [3.8, 4) is 0 Å². The molecule has 1 aliphatic carbocycles. The largest absolute Gasteiger partial charge is 0.0651 e. The third-order valence-electron chi connectivity index (χ3n) is 2.78. The molecule has 0 aromatic heterocycles. The summed E-state index contributed by atoms with van der Waals surface area (Å²) in [4.78, 5) is 0. The van der Waals surface area contributed by atoms with E-state index in [0.717, 1.165) is 5.92 Å². The van der Waals surface area contributed by atoms with Crippen LogP contribution in [0, 0.1) is 12.3 Å². The Hall–Kier alpha value is -0.780. The maximum absolute atomic E-state index is 2.43. The van der Waals surface area contributed by atoms with E-state index in [1.807, 2.05) is 0 Å². The number of aryl methyl sites for hydroxylation is 1. The van der Waals surface area contributed by atoms with E-state index >= 15 is 0 Å². The van der Waals surface area contributed by atoms with E-state index in [1.165, 1.54) is 30.4 Å². The van der Waals surface area contributed by atoms with Gasteiger partial charge in [0.2, 0.25) is 0 Å². The van der Waals surface area contributed by atoms with Gasteiger partial charge in [0, 0.05) is 0 Å². The molecule has 0 aliphatic heterocycles. The minimum atomic E-state index is 0.819. The number of hydrogen-bond acceptors (Lipinski definition) is 0. The van der Waals surface area contributed by atoms with Gasteiger partial charge in [-0.15, -0.1) is 0 Å². The molecule has 0 amide bonds. The van der Waals surface area contributed by atoms with Gasteiger partial charge in [-0.05, 0) is 36.3 Å². The molecule has 0 spiro atoms. The number of hydrogen-bond donors (Lipinski definition) is 0. The summed E-state index contributed by atoms with van der Waals surface area (Å²) in [6, 6.07) is 8.75. The van der Waals surface area contributed by atoms with Crippen LogP contribution < -0.4 is 0 Å². The van der Waals surface area contributed by atoms with Crippen LogP contribution in [0.25, 0.3) is 0 Å². The van der Waals surface area contributed by atoms with Crippen LogP contribution in [-0.2, 0) is 6.42 Å². The Kier molecular flexibility index (Phi) is 2.16. The van der Waals surface area contributed by atoms with Gasteiger partial charge in [-0.1, -0.05) is 37.6 Å². The maximum atomic E-state index is 2.43. The van der Waals surface area contributed by atoms with Gasteiger partial charge in [0.15, 0.2) is 0 Å². The monoisotopic (exact) mass is 159 g/mol. The topological polar surface area (TPSA) is 0 Å². The van der Waals surface area contributed by atoms with Crippen molar-refractivity contribution in [3.05, 3.63) is 41.8 Å². The van der Waals surface area contributed by atoms with Crippen molar-refractivity contribution in [1.29, 1.82) is 0 Å². The number of fused-ring (bicyclic) bond motifs is 1. The summed E-state index contributed by atoms with van der Waals surface area (Å²) in [6.45, 7) is 2.27. The average Bonchev–Trinajstić information content (AvgIpc) is 2.17. The lowest BCUT2D eigenvalue weighted by Crippen LogP contribution is -2.10. The summed E-state index contributed by atoms with van der Waals surface area (Å²) < 4.78 is 0. The highest BCUT2D eigenvalue weighted by atomic mass is 14.2. The van der Waals surface area contributed by atoms with Crippen LogP contribution in [0.1, 0.15) is 30.9 Å². The third-order valence-corrected chi connectivity index (χ3v) is 2.78. The summed E-state index contributed by atoms with van der Waals surface area (Å²) in [5, 5.41) is 0. The van der Waals surface area contributed by atoms with E-state index in [-0.39, 0.29) is 0 Å². The van der Waals surface area contributed by atoms with Crippen molar-refractivity contribution in [2.75, 3.05) is 0 Å². The summed E-state index contributed by atoms with van der Waals surface area (Å²) >= 11 is 0. The van der Waals surface area contributed by atoms with Gasteiger partial charge in [-0.25, -0.2) is 0 Å². The Morgan fingerprint density at radius 2 is 2.17 bits per heavy atom. The van der Waals surface area contributed by atoms with Crippen molar-refractivity contribution in [1.82, 2.24) is 0 Å². The van der Waals surface area contributed by atoms with Crippen LogP contribution in [0.4, 0.5) is 0 Å². The second kappa shape index (κ2) is 3.30. The van der Waals surface area contributed by atoms with Crippen molar-refractivity contribution in [3.63, 3.8) is 0 Å². The maximum Gasteiger partial charge on any atom is -0.00593 e. The van der Waals surface area contributed by atoms with E-state index in [2.05, 4.69) is 37.6 Å². The lowest BCUT2D eigenvalue weighted by molar-refractivity contribution is 0.524. The SMILES string of the molecule is CCC1[CH]c2ccccc2CC1. The van der Waals surface area contributed by atoms with Crippen molar-refractivity contribution in [2.24, 2.45) is 5.92 Å². The van der Waals surface area contributed by atoms with Gasteiger partial charge in [0.05, 0.1) is 0 Å². The molecule has 1 radical (unpaired) electrons. The fourth-order valence-corrected chi connectivity index (χ4v) is 1.92. The van der Waals surface area contributed by atoms with E-state index < -0.39 is 0 Å². The summed E-state index contributed by atoms with van der Waals surface area (Å²) in [5.74, 6) is 0.819. The molecule has 1 aromatic carbocycles. The zero-order valence-electron chi connectivity index (χ0n) is 7.59. The molecular weight excluding hydrogens is 144 g/mol.